The van der Waals surface area contributed by atoms with E-state index >= 15 is 0 Å². The van der Waals surface area contributed by atoms with Crippen LogP contribution in [0.1, 0.15) is 32.1 Å². The molecule has 5 nitrogen and oxygen atoms in total. The van der Waals surface area contributed by atoms with E-state index < -0.39 is 5.54 Å². The monoisotopic (exact) mass is 269 g/mol. The Morgan fingerprint density at radius 2 is 2.21 bits per heavy atom. The quantitative estimate of drug-likeness (QED) is 0.730. The molecule has 1 amide bonds. The van der Waals surface area contributed by atoms with Crippen molar-refractivity contribution in [3.8, 4) is 0 Å². The highest BCUT2D eigenvalue weighted by Gasteiger charge is 2.37. The van der Waals surface area contributed by atoms with Crippen LogP contribution in [0.5, 0.6) is 0 Å². The summed E-state index contributed by atoms with van der Waals surface area (Å²) >= 11 is 0. The fourth-order valence-corrected chi connectivity index (χ4v) is 3.15. The zero-order chi connectivity index (χ0) is 13.7. The van der Waals surface area contributed by atoms with Gasteiger partial charge in [-0.1, -0.05) is 12.8 Å². The second kappa shape index (κ2) is 6.68. The van der Waals surface area contributed by atoms with Crippen molar-refractivity contribution >= 4 is 5.91 Å². The molecule has 0 radical (unpaired) electrons. The van der Waals surface area contributed by atoms with E-state index in [-0.39, 0.29) is 5.91 Å². The van der Waals surface area contributed by atoms with Gasteiger partial charge in [0.25, 0.3) is 0 Å². The molecule has 5 heteroatoms. The number of likely N-dealkylation sites (tertiary alicyclic amines) is 1. The minimum atomic E-state index is -0.589. The predicted octanol–water partition coefficient (Wildman–Crippen LogP) is 0.342. The maximum Gasteiger partial charge on any atom is 0.240 e. The number of carbonyl (C=O) groups is 1. The van der Waals surface area contributed by atoms with Crippen molar-refractivity contribution in [3.05, 3.63) is 0 Å². The molecule has 0 bridgehead atoms. The Morgan fingerprint density at radius 3 is 2.89 bits per heavy atom. The average Bonchev–Trinajstić information content (AvgIpc) is 3.03. The van der Waals surface area contributed by atoms with Crippen LogP contribution in [0, 0.1) is 5.92 Å². The Kier molecular flexibility index (Phi) is 5.19. The summed E-state index contributed by atoms with van der Waals surface area (Å²) in [4.78, 5) is 14.5. The molecule has 1 aliphatic heterocycles. The van der Waals surface area contributed by atoms with Gasteiger partial charge in [0.2, 0.25) is 5.91 Å². The van der Waals surface area contributed by atoms with Crippen LogP contribution in [0.25, 0.3) is 0 Å². The van der Waals surface area contributed by atoms with E-state index in [1.165, 1.54) is 0 Å². The number of carbonyl (C=O) groups excluding carboxylic acids is 1. The summed E-state index contributed by atoms with van der Waals surface area (Å²) in [5.41, 5.74) is 5.55. The molecule has 1 unspecified atom stereocenters. The third-order valence-electron chi connectivity index (χ3n) is 4.48. The van der Waals surface area contributed by atoms with Crippen LogP contribution in [0.3, 0.4) is 0 Å². The molecule has 0 aromatic carbocycles. The van der Waals surface area contributed by atoms with Gasteiger partial charge in [0.1, 0.15) is 0 Å². The first kappa shape index (κ1) is 14.8. The Hall–Kier alpha value is -0.650. The number of ether oxygens (including phenoxy) is 1. The van der Waals surface area contributed by atoms with Gasteiger partial charge in [-0.05, 0) is 31.7 Å². The second-order valence-corrected chi connectivity index (χ2v) is 6.02. The van der Waals surface area contributed by atoms with Crippen molar-refractivity contribution in [2.45, 2.75) is 37.6 Å². The first-order chi connectivity index (χ1) is 9.14. The number of amides is 1. The third kappa shape index (κ3) is 3.91. The highest BCUT2D eigenvalue weighted by atomic mass is 16.5. The van der Waals surface area contributed by atoms with E-state index in [9.17, 15) is 4.79 Å². The van der Waals surface area contributed by atoms with Gasteiger partial charge in [0.05, 0.1) is 12.1 Å². The van der Waals surface area contributed by atoms with Crippen LogP contribution < -0.4 is 11.1 Å². The first-order valence-electron chi connectivity index (χ1n) is 7.42. The molecule has 1 heterocycles. The van der Waals surface area contributed by atoms with E-state index in [0.29, 0.717) is 5.92 Å². The molecule has 0 aromatic heterocycles. The van der Waals surface area contributed by atoms with Gasteiger partial charge in [0, 0.05) is 26.7 Å². The van der Waals surface area contributed by atoms with E-state index in [1.807, 2.05) is 0 Å². The van der Waals surface area contributed by atoms with Crippen LogP contribution in [-0.4, -0.2) is 56.2 Å². The minimum Gasteiger partial charge on any atom is -0.383 e. The maximum atomic E-state index is 12.1. The minimum absolute atomic E-state index is 0.0559. The lowest BCUT2D eigenvalue weighted by molar-refractivity contribution is -0.126. The fraction of sp³-hybridized carbons (Fsp3) is 0.929. The van der Waals surface area contributed by atoms with Crippen molar-refractivity contribution in [2.24, 2.45) is 11.7 Å². The number of nitrogens with two attached hydrogens (primary N) is 1. The first-order valence-corrected chi connectivity index (χ1v) is 7.42. The molecule has 2 fully saturated rings. The smallest absolute Gasteiger partial charge is 0.240 e. The van der Waals surface area contributed by atoms with E-state index in [0.717, 1.165) is 64.9 Å². The van der Waals surface area contributed by atoms with E-state index in [1.54, 1.807) is 7.11 Å². The molecule has 1 saturated heterocycles. The van der Waals surface area contributed by atoms with Crippen LogP contribution in [-0.2, 0) is 9.53 Å². The lowest BCUT2D eigenvalue weighted by Crippen LogP contribution is -2.52. The van der Waals surface area contributed by atoms with Gasteiger partial charge < -0.3 is 20.7 Å². The lowest BCUT2D eigenvalue weighted by Gasteiger charge is -2.23. The number of nitrogens with zero attached hydrogens (tertiary/aromatic N) is 1. The van der Waals surface area contributed by atoms with Crippen LogP contribution in [0.2, 0.25) is 0 Å². The van der Waals surface area contributed by atoms with Crippen molar-refractivity contribution in [1.29, 1.82) is 0 Å². The van der Waals surface area contributed by atoms with Crippen LogP contribution in [0.15, 0.2) is 0 Å². The van der Waals surface area contributed by atoms with Gasteiger partial charge in [-0.15, -0.1) is 0 Å². The summed E-state index contributed by atoms with van der Waals surface area (Å²) < 4.78 is 5.09. The third-order valence-corrected chi connectivity index (χ3v) is 4.48. The Morgan fingerprint density at radius 1 is 1.47 bits per heavy atom. The second-order valence-electron chi connectivity index (χ2n) is 6.02. The van der Waals surface area contributed by atoms with Crippen molar-refractivity contribution in [2.75, 3.05) is 39.9 Å². The molecule has 2 aliphatic rings. The summed E-state index contributed by atoms with van der Waals surface area (Å²) in [7, 11) is 1.73. The maximum absolute atomic E-state index is 12.1. The van der Waals surface area contributed by atoms with Gasteiger partial charge >= 0.3 is 0 Å². The van der Waals surface area contributed by atoms with Crippen molar-refractivity contribution < 1.29 is 9.53 Å². The molecule has 0 spiro atoms. The highest BCUT2D eigenvalue weighted by Crippen LogP contribution is 2.27. The summed E-state index contributed by atoms with van der Waals surface area (Å²) in [6.07, 6.45) is 4.99. The molecule has 1 aliphatic carbocycles. The lowest BCUT2D eigenvalue weighted by atomic mass is 9.97. The molecule has 1 atom stereocenters. The number of methoxy groups -OCH3 is 1. The summed E-state index contributed by atoms with van der Waals surface area (Å²) in [5.74, 6) is 0.617. The fourth-order valence-electron chi connectivity index (χ4n) is 3.15. The molecule has 1 saturated carbocycles. The summed E-state index contributed by atoms with van der Waals surface area (Å²) in [6.45, 7) is 4.70. The summed E-state index contributed by atoms with van der Waals surface area (Å²) in [5, 5.41) is 3.06. The number of nitrogens with one attached hydrogen (secondary N) is 1. The number of hydrogen-bond donors (Lipinski definition) is 2. The van der Waals surface area contributed by atoms with Crippen molar-refractivity contribution in [1.82, 2.24) is 10.2 Å². The Balaban J connectivity index is 1.67. The van der Waals surface area contributed by atoms with E-state index in [4.69, 9.17) is 10.5 Å². The standard InChI is InChI=1S/C14H27N3O2/c1-19-9-8-17-7-4-12(11-17)10-16-13(18)14(15)5-2-3-6-14/h12H,2-11,15H2,1H3,(H,16,18). The van der Waals surface area contributed by atoms with Gasteiger partial charge in [0.15, 0.2) is 0 Å². The topological polar surface area (TPSA) is 67.6 Å². The van der Waals surface area contributed by atoms with Crippen molar-refractivity contribution in [3.63, 3.8) is 0 Å². The molecule has 2 rings (SSSR count). The van der Waals surface area contributed by atoms with Crippen LogP contribution >= 0.6 is 0 Å². The van der Waals surface area contributed by atoms with Crippen LogP contribution in [0.4, 0.5) is 0 Å². The van der Waals surface area contributed by atoms with Gasteiger partial charge in [-0.25, -0.2) is 0 Å². The Bertz CT molecular complexity index is 303. The SMILES string of the molecule is COCCN1CCC(CNC(=O)C2(N)CCCC2)C1. The zero-order valence-electron chi connectivity index (χ0n) is 12.0. The number of rotatable bonds is 6. The number of hydrogen-bond acceptors (Lipinski definition) is 4. The van der Waals surface area contributed by atoms with Gasteiger partial charge in [-0.2, -0.15) is 0 Å². The highest BCUT2D eigenvalue weighted by molar-refractivity contribution is 5.86. The Labute approximate surface area is 115 Å². The molecule has 0 aromatic rings. The molecular formula is C14H27N3O2. The molecule has 110 valence electrons. The molecular weight excluding hydrogens is 242 g/mol. The van der Waals surface area contributed by atoms with Gasteiger partial charge in [-0.3, -0.25) is 4.79 Å². The predicted molar refractivity (Wildman–Crippen MR) is 74.8 cm³/mol. The normalized spacial score (nSPS) is 26.7. The van der Waals surface area contributed by atoms with E-state index in [2.05, 4.69) is 10.2 Å². The molecule has 3 N–H and O–H groups in total. The largest absolute Gasteiger partial charge is 0.383 e. The summed E-state index contributed by atoms with van der Waals surface area (Å²) in [6, 6.07) is 0. The average molecular weight is 269 g/mol. The molecule has 19 heavy (non-hydrogen) atoms. The zero-order valence-corrected chi connectivity index (χ0v) is 12.0.